The molecule has 1 aromatic rings. The maximum atomic E-state index is 11.1. The minimum Gasteiger partial charge on any atom is -0.379 e. The number of benzene rings is 1. The molecule has 2 rings (SSSR count). The number of halogens is 2. The van der Waals surface area contributed by atoms with Crippen LogP contribution in [0.15, 0.2) is 12.1 Å². The minimum absolute atomic E-state index is 0.0262. The molecule has 0 aliphatic heterocycles. The summed E-state index contributed by atoms with van der Waals surface area (Å²) in [4.78, 5) is 10.6. The molecule has 0 saturated heterocycles. The first-order valence-corrected chi connectivity index (χ1v) is 8.10. The van der Waals surface area contributed by atoms with Gasteiger partial charge >= 0.3 is 0 Å². The third-order valence-electron chi connectivity index (χ3n) is 4.24. The standard InChI is InChI=1S/C15H20Cl2N2O2/c1-10-2-4-11(5-3-10)6-7-18-14-8-12(16)13(17)9-15(14)19(20)21/h8-11,18H,2-7H2,1H3. The molecule has 0 aromatic heterocycles. The summed E-state index contributed by atoms with van der Waals surface area (Å²) in [7, 11) is 0. The number of hydrogen-bond donors (Lipinski definition) is 1. The summed E-state index contributed by atoms with van der Waals surface area (Å²) in [5.41, 5.74) is 0.417. The molecule has 0 unspecified atom stereocenters. The molecule has 1 N–H and O–H groups in total. The second-order valence-electron chi connectivity index (χ2n) is 5.88. The second-order valence-corrected chi connectivity index (χ2v) is 6.70. The van der Waals surface area contributed by atoms with E-state index in [1.807, 2.05) is 0 Å². The van der Waals surface area contributed by atoms with Gasteiger partial charge in [-0.2, -0.15) is 0 Å². The van der Waals surface area contributed by atoms with Crippen molar-refractivity contribution in [2.24, 2.45) is 11.8 Å². The first kappa shape index (κ1) is 16.4. The summed E-state index contributed by atoms with van der Waals surface area (Å²) >= 11 is 11.8. The highest BCUT2D eigenvalue weighted by molar-refractivity contribution is 6.42. The Morgan fingerprint density at radius 1 is 1.24 bits per heavy atom. The number of nitro groups is 1. The lowest BCUT2D eigenvalue weighted by atomic mass is 9.81. The monoisotopic (exact) mass is 330 g/mol. The van der Waals surface area contributed by atoms with E-state index in [-0.39, 0.29) is 10.7 Å². The molecule has 4 nitrogen and oxygen atoms in total. The summed E-state index contributed by atoms with van der Waals surface area (Å²) in [6.07, 6.45) is 6.12. The number of rotatable bonds is 5. The van der Waals surface area contributed by atoms with Gasteiger partial charge < -0.3 is 5.32 Å². The Labute approximate surface area is 135 Å². The van der Waals surface area contributed by atoms with Crippen LogP contribution >= 0.6 is 23.2 Å². The second kappa shape index (κ2) is 7.32. The van der Waals surface area contributed by atoms with Gasteiger partial charge in [-0.3, -0.25) is 10.1 Å². The van der Waals surface area contributed by atoms with Crippen molar-refractivity contribution in [1.29, 1.82) is 0 Å². The van der Waals surface area contributed by atoms with Gasteiger partial charge in [0.15, 0.2) is 0 Å². The van der Waals surface area contributed by atoms with Crippen molar-refractivity contribution in [3.8, 4) is 0 Å². The van der Waals surface area contributed by atoms with E-state index < -0.39 is 4.92 Å². The molecule has 1 fully saturated rings. The lowest BCUT2D eigenvalue weighted by Crippen LogP contribution is -2.16. The molecule has 1 aliphatic carbocycles. The van der Waals surface area contributed by atoms with Gasteiger partial charge in [-0.1, -0.05) is 55.8 Å². The highest BCUT2D eigenvalue weighted by Crippen LogP contribution is 2.34. The summed E-state index contributed by atoms with van der Waals surface area (Å²) in [6.45, 7) is 3.02. The predicted octanol–water partition coefficient (Wildman–Crippen LogP) is 5.53. The Balaban J connectivity index is 1.93. The summed E-state index contributed by atoms with van der Waals surface area (Å²) < 4.78 is 0. The highest BCUT2D eigenvalue weighted by atomic mass is 35.5. The normalized spacial score (nSPS) is 22.0. The zero-order valence-electron chi connectivity index (χ0n) is 12.1. The molecule has 1 saturated carbocycles. The highest BCUT2D eigenvalue weighted by Gasteiger charge is 2.19. The SMILES string of the molecule is CC1CCC(CCNc2cc(Cl)c(Cl)cc2[N+](=O)[O-])CC1. The van der Waals surface area contributed by atoms with Crippen LogP contribution in [0, 0.1) is 22.0 Å². The number of nitro benzene ring substituents is 1. The number of nitrogens with one attached hydrogen (secondary N) is 1. The van der Waals surface area contributed by atoms with Crippen molar-refractivity contribution in [3.05, 3.63) is 32.3 Å². The average molecular weight is 331 g/mol. The molecule has 1 aliphatic rings. The van der Waals surface area contributed by atoms with Crippen LogP contribution < -0.4 is 5.32 Å². The van der Waals surface area contributed by atoms with Crippen molar-refractivity contribution in [3.63, 3.8) is 0 Å². The third-order valence-corrected chi connectivity index (χ3v) is 4.96. The van der Waals surface area contributed by atoms with E-state index in [9.17, 15) is 10.1 Å². The van der Waals surface area contributed by atoms with Gasteiger partial charge in [0.1, 0.15) is 5.69 Å². The Morgan fingerprint density at radius 3 is 2.48 bits per heavy atom. The van der Waals surface area contributed by atoms with Crippen LogP contribution in [0.4, 0.5) is 11.4 Å². The van der Waals surface area contributed by atoms with Crippen LogP contribution in [0.1, 0.15) is 39.0 Å². The molecule has 0 radical (unpaired) electrons. The molecule has 6 heteroatoms. The van der Waals surface area contributed by atoms with Crippen molar-refractivity contribution >= 4 is 34.6 Å². The molecule has 0 heterocycles. The molecular formula is C15H20Cl2N2O2. The average Bonchev–Trinajstić information content (AvgIpc) is 2.44. The lowest BCUT2D eigenvalue weighted by molar-refractivity contribution is -0.383. The van der Waals surface area contributed by atoms with E-state index in [0.717, 1.165) is 24.8 Å². The molecule has 0 bridgehead atoms. The molecule has 0 spiro atoms. The number of nitrogens with zero attached hydrogens (tertiary/aromatic N) is 1. The molecule has 0 amide bonds. The van der Waals surface area contributed by atoms with Crippen LogP contribution in [0.3, 0.4) is 0 Å². The fourth-order valence-corrected chi connectivity index (χ4v) is 3.18. The van der Waals surface area contributed by atoms with Gasteiger partial charge in [0.25, 0.3) is 5.69 Å². The van der Waals surface area contributed by atoms with Crippen LogP contribution in [-0.4, -0.2) is 11.5 Å². The smallest absolute Gasteiger partial charge is 0.293 e. The van der Waals surface area contributed by atoms with Gasteiger partial charge in [0.05, 0.1) is 15.0 Å². The van der Waals surface area contributed by atoms with Crippen LogP contribution in [-0.2, 0) is 0 Å². The van der Waals surface area contributed by atoms with Crippen molar-refractivity contribution in [1.82, 2.24) is 0 Å². The first-order valence-electron chi connectivity index (χ1n) is 7.34. The quantitative estimate of drug-likeness (QED) is 0.570. The van der Waals surface area contributed by atoms with E-state index in [4.69, 9.17) is 23.2 Å². The number of anilines is 1. The van der Waals surface area contributed by atoms with Gasteiger partial charge in [-0.15, -0.1) is 0 Å². The summed E-state index contributed by atoms with van der Waals surface area (Å²) in [6, 6.07) is 2.83. The Hall–Kier alpha value is -1.00. The molecule has 116 valence electrons. The van der Waals surface area contributed by atoms with E-state index >= 15 is 0 Å². The largest absolute Gasteiger partial charge is 0.379 e. The lowest BCUT2D eigenvalue weighted by Gasteiger charge is -2.26. The Morgan fingerprint density at radius 2 is 1.86 bits per heavy atom. The zero-order valence-corrected chi connectivity index (χ0v) is 13.6. The van der Waals surface area contributed by atoms with Crippen molar-refractivity contribution in [2.45, 2.75) is 39.0 Å². The summed E-state index contributed by atoms with van der Waals surface area (Å²) in [5.74, 6) is 1.56. The van der Waals surface area contributed by atoms with Gasteiger partial charge in [-0.05, 0) is 24.3 Å². The third kappa shape index (κ3) is 4.48. The maximum absolute atomic E-state index is 11.1. The maximum Gasteiger partial charge on any atom is 0.293 e. The molecule has 0 atom stereocenters. The first-order chi connectivity index (χ1) is 9.97. The Bertz CT molecular complexity index is 515. The minimum atomic E-state index is -0.438. The Kier molecular flexibility index (Phi) is 5.71. The van der Waals surface area contributed by atoms with Crippen LogP contribution in [0.2, 0.25) is 10.0 Å². The van der Waals surface area contributed by atoms with E-state index in [2.05, 4.69) is 12.2 Å². The molecule has 21 heavy (non-hydrogen) atoms. The molecular weight excluding hydrogens is 311 g/mol. The number of hydrogen-bond acceptors (Lipinski definition) is 3. The summed E-state index contributed by atoms with van der Waals surface area (Å²) in [5, 5.41) is 14.7. The van der Waals surface area contributed by atoms with E-state index in [1.54, 1.807) is 0 Å². The van der Waals surface area contributed by atoms with Gasteiger partial charge in [-0.25, -0.2) is 0 Å². The fourth-order valence-electron chi connectivity index (χ4n) is 2.86. The molecule has 1 aromatic carbocycles. The zero-order chi connectivity index (χ0) is 15.4. The van der Waals surface area contributed by atoms with Gasteiger partial charge in [0.2, 0.25) is 0 Å². The van der Waals surface area contributed by atoms with Crippen LogP contribution in [0.25, 0.3) is 0 Å². The van der Waals surface area contributed by atoms with E-state index in [1.165, 1.54) is 37.8 Å². The van der Waals surface area contributed by atoms with Crippen LogP contribution in [0.5, 0.6) is 0 Å². The predicted molar refractivity (Wildman–Crippen MR) is 87.3 cm³/mol. The van der Waals surface area contributed by atoms with Gasteiger partial charge in [0, 0.05) is 12.6 Å². The fraction of sp³-hybridized carbons (Fsp3) is 0.600. The van der Waals surface area contributed by atoms with Crippen molar-refractivity contribution in [2.75, 3.05) is 11.9 Å². The van der Waals surface area contributed by atoms with E-state index in [0.29, 0.717) is 10.7 Å². The topological polar surface area (TPSA) is 55.2 Å². The van der Waals surface area contributed by atoms with Crippen molar-refractivity contribution < 1.29 is 4.92 Å².